The smallest absolute Gasteiger partial charge is 0.139 e. The Morgan fingerprint density at radius 3 is 2.90 bits per heavy atom. The van der Waals surface area contributed by atoms with Crippen molar-refractivity contribution in [2.75, 3.05) is 0 Å². The summed E-state index contributed by atoms with van der Waals surface area (Å²) >= 11 is 0. The maximum absolute atomic E-state index is 4.68. The Morgan fingerprint density at radius 2 is 2.00 bits per heavy atom. The zero-order valence-electron chi connectivity index (χ0n) is 11.7. The Labute approximate surface area is 122 Å². The molecule has 0 saturated carbocycles. The van der Waals surface area contributed by atoms with Gasteiger partial charge in [-0.05, 0) is 30.7 Å². The van der Waals surface area contributed by atoms with E-state index >= 15 is 0 Å². The van der Waals surface area contributed by atoms with E-state index in [1.807, 2.05) is 35.3 Å². The second-order valence-electron chi connectivity index (χ2n) is 5.01. The molecule has 0 aliphatic heterocycles. The Morgan fingerprint density at radius 1 is 1.05 bits per heavy atom. The van der Waals surface area contributed by atoms with Gasteiger partial charge in [-0.15, -0.1) is 0 Å². The van der Waals surface area contributed by atoms with Gasteiger partial charge in [0, 0.05) is 41.1 Å². The normalized spacial score (nSPS) is 11.3. The highest BCUT2D eigenvalue weighted by molar-refractivity contribution is 5.83. The molecule has 4 nitrogen and oxygen atoms in total. The second-order valence-corrected chi connectivity index (χ2v) is 5.01. The molecule has 4 heterocycles. The third kappa shape index (κ3) is 1.96. The second kappa shape index (κ2) is 4.66. The summed E-state index contributed by atoms with van der Waals surface area (Å²) in [7, 11) is 0. The number of nitrogens with zero attached hydrogens (tertiary/aromatic N) is 4. The van der Waals surface area contributed by atoms with Gasteiger partial charge < -0.3 is 0 Å². The maximum atomic E-state index is 4.68. The van der Waals surface area contributed by atoms with Crippen molar-refractivity contribution in [1.82, 2.24) is 19.5 Å². The van der Waals surface area contributed by atoms with Crippen LogP contribution in [0.2, 0.25) is 0 Å². The van der Waals surface area contributed by atoms with E-state index in [1.165, 1.54) is 0 Å². The van der Waals surface area contributed by atoms with Gasteiger partial charge in [0.25, 0.3) is 0 Å². The molecule has 0 radical (unpaired) electrons. The lowest BCUT2D eigenvalue weighted by Gasteiger charge is -2.06. The van der Waals surface area contributed by atoms with E-state index in [2.05, 4.69) is 40.1 Å². The first-order chi connectivity index (χ1) is 10.3. The van der Waals surface area contributed by atoms with E-state index in [0.717, 1.165) is 39.7 Å². The fourth-order valence-corrected chi connectivity index (χ4v) is 2.55. The van der Waals surface area contributed by atoms with Crippen molar-refractivity contribution < 1.29 is 0 Å². The lowest BCUT2D eigenvalue weighted by molar-refractivity contribution is 1.03. The van der Waals surface area contributed by atoms with Gasteiger partial charge in [-0.1, -0.05) is 6.92 Å². The first kappa shape index (κ1) is 12.0. The van der Waals surface area contributed by atoms with E-state index < -0.39 is 0 Å². The molecule has 0 bridgehead atoms. The Balaban J connectivity index is 1.93. The topological polar surface area (TPSA) is 43.6 Å². The van der Waals surface area contributed by atoms with Crippen molar-refractivity contribution in [3.8, 4) is 5.82 Å². The molecular weight excluding hydrogens is 260 g/mol. The average molecular weight is 274 g/mol. The van der Waals surface area contributed by atoms with E-state index in [1.54, 1.807) is 6.20 Å². The summed E-state index contributed by atoms with van der Waals surface area (Å²) in [4.78, 5) is 13.4. The first-order valence-electron chi connectivity index (χ1n) is 7.02. The minimum Gasteiger partial charge on any atom is -0.300 e. The predicted octanol–water partition coefficient (Wildman–Crippen LogP) is 3.53. The highest BCUT2D eigenvalue weighted by atomic mass is 15.1. The van der Waals surface area contributed by atoms with Crippen LogP contribution >= 0.6 is 0 Å². The van der Waals surface area contributed by atoms with Crippen molar-refractivity contribution in [3.63, 3.8) is 0 Å². The van der Waals surface area contributed by atoms with Crippen LogP contribution in [-0.4, -0.2) is 19.5 Å². The van der Waals surface area contributed by atoms with Gasteiger partial charge in [0.2, 0.25) is 0 Å². The van der Waals surface area contributed by atoms with Gasteiger partial charge in [-0.3, -0.25) is 14.5 Å². The molecule has 0 aromatic carbocycles. The molecule has 4 aromatic rings. The summed E-state index contributed by atoms with van der Waals surface area (Å²) in [5.74, 6) is 0.867. The van der Waals surface area contributed by atoms with Crippen molar-refractivity contribution in [2.24, 2.45) is 0 Å². The molecule has 0 amide bonds. The SMILES string of the molecule is CCc1ccc2cnc(-n3ccc4ccncc43)cc2n1. The molecular formula is C17H14N4. The standard InChI is InChI=1S/C17H14N4/c1-2-14-4-3-13-10-19-17(9-15(13)20-14)21-8-6-12-5-7-18-11-16(12)21/h3-11H,2H2,1H3. The molecule has 4 aromatic heterocycles. The molecule has 21 heavy (non-hydrogen) atoms. The fourth-order valence-electron chi connectivity index (χ4n) is 2.55. The Kier molecular flexibility index (Phi) is 2.67. The molecule has 0 saturated heterocycles. The van der Waals surface area contributed by atoms with Crippen LogP contribution in [0.4, 0.5) is 0 Å². The fraction of sp³-hybridized carbons (Fsp3) is 0.118. The van der Waals surface area contributed by atoms with Crippen molar-refractivity contribution >= 4 is 21.8 Å². The van der Waals surface area contributed by atoms with Crippen LogP contribution in [0.25, 0.3) is 27.6 Å². The van der Waals surface area contributed by atoms with Crippen LogP contribution in [-0.2, 0) is 6.42 Å². The molecule has 0 atom stereocenters. The maximum Gasteiger partial charge on any atom is 0.139 e. The summed E-state index contributed by atoms with van der Waals surface area (Å²) in [6.07, 6.45) is 8.49. The summed E-state index contributed by atoms with van der Waals surface area (Å²) in [6, 6.07) is 10.2. The number of aromatic nitrogens is 4. The van der Waals surface area contributed by atoms with Crippen LogP contribution in [0.1, 0.15) is 12.6 Å². The van der Waals surface area contributed by atoms with Gasteiger partial charge >= 0.3 is 0 Å². The van der Waals surface area contributed by atoms with Crippen LogP contribution in [0.3, 0.4) is 0 Å². The van der Waals surface area contributed by atoms with Crippen LogP contribution in [0.5, 0.6) is 0 Å². The predicted molar refractivity (Wildman–Crippen MR) is 83.5 cm³/mol. The average Bonchev–Trinajstić information content (AvgIpc) is 2.98. The molecule has 0 aliphatic rings. The molecule has 4 heteroatoms. The van der Waals surface area contributed by atoms with Crippen molar-refractivity contribution in [2.45, 2.75) is 13.3 Å². The zero-order chi connectivity index (χ0) is 14.2. The molecule has 0 unspecified atom stereocenters. The highest BCUT2D eigenvalue weighted by Gasteiger charge is 2.06. The lowest BCUT2D eigenvalue weighted by atomic mass is 10.2. The quantitative estimate of drug-likeness (QED) is 0.561. The molecule has 0 fully saturated rings. The number of aryl methyl sites for hydroxylation is 1. The molecule has 102 valence electrons. The minimum atomic E-state index is 0.867. The third-order valence-corrected chi connectivity index (χ3v) is 3.72. The van der Waals surface area contributed by atoms with Crippen molar-refractivity contribution in [1.29, 1.82) is 0 Å². The van der Waals surface area contributed by atoms with Gasteiger partial charge in [-0.25, -0.2) is 4.98 Å². The molecule has 4 rings (SSSR count). The molecule has 0 spiro atoms. The number of hydrogen-bond donors (Lipinski definition) is 0. The third-order valence-electron chi connectivity index (χ3n) is 3.72. The zero-order valence-corrected chi connectivity index (χ0v) is 11.7. The molecule has 0 N–H and O–H groups in total. The summed E-state index contributed by atoms with van der Waals surface area (Å²) in [6.45, 7) is 2.11. The van der Waals surface area contributed by atoms with Crippen LogP contribution in [0.15, 0.2) is 55.1 Å². The monoisotopic (exact) mass is 274 g/mol. The van der Waals surface area contributed by atoms with E-state index in [9.17, 15) is 0 Å². The van der Waals surface area contributed by atoms with Crippen LogP contribution in [0, 0.1) is 0 Å². The largest absolute Gasteiger partial charge is 0.300 e. The van der Waals surface area contributed by atoms with E-state index in [0.29, 0.717) is 0 Å². The number of pyridine rings is 3. The molecule has 0 aliphatic carbocycles. The Hall–Kier alpha value is -2.75. The van der Waals surface area contributed by atoms with Gasteiger partial charge in [-0.2, -0.15) is 0 Å². The van der Waals surface area contributed by atoms with Gasteiger partial charge in [0.05, 0.1) is 17.2 Å². The number of hydrogen-bond acceptors (Lipinski definition) is 3. The number of fused-ring (bicyclic) bond motifs is 2. The van der Waals surface area contributed by atoms with Gasteiger partial charge in [0.15, 0.2) is 0 Å². The summed E-state index contributed by atoms with van der Waals surface area (Å²) in [5, 5.41) is 2.22. The first-order valence-corrected chi connectivity index (χ1v) is 7.02. The van der Waals surface area contributed by atoms with Crippen LogP contribution < -0.4 is 0 Å². The Bertz CT molecular complexity index is 940. The highest BCUT2D eigenvalue weighted by Crippen LogP contribution is 2.20. The summed E-state index contributed by atoms with van der Waals surface area (Å²) < 4.78 is 2.04. The van der Waals surface area contributed by atoms with E-state index in [-0.39, 0.29) is 0 Å². The minimum absolute atomic E-state index is 0.867. The van der Waals surface area contributed by atoms with E-state index in [4.69, 9.17) is 0 Å². The summed E-state index contributed by atoms with van der Waals surface area (Å²) in [5.41, 5.74) is 3.12. The van der Waals surface area contributed by atoms with Crippen molar-refractivity contribution in [3.05, 3.63) is 60.8 Å². The lowest BCUT2D eigenvalue weighted by Crippen LogP contribution is -1.97. The number of rotatable bonds is 2. The van der Waals surface area contributed by atoms with Gasteiger partial charge in [0.1, 0.15) is 5.82 Å².